The summed E-state index contributed by atoms with van der Waals surface area (Å²) < 4.78 is 19.6. The molecule has 2 atom stereocenters. The van der Waals surface area contributed by atoms with Crippen LogP contribution in [0.1, 0.15) is 38.5 Å². The first-order valence-corrected chi connectivity index (χ1v) is 9.30. The van der Waals surface area contributed by atoms with Gasteiger partial charge in [0.2, 0.25) is 0 Å². The van der Waals surface area contributed by atoms with Gasteiger partial charge in [-0.2, -0.15) is 0 Å². The molecule has 3 nitrogen and oxygen atoms in total. The van der Waals surface area contributed by atoms with Crippen LogP contribution in [0.15, 0.2) is 27.6 Å². The molecule has 0 bridgehead atoms. The lowest BCUT2D eigenvalue weighted by Crippen LogP contribution is -2.27. The van der Waals surface area contributed by atoms with Gasteiger partial charge in [0.15, 0.2) is 0 Å². The minimum atomic E-state index is -1.08. The number of ether oxygens (including phenoxy) is 1. The van der Waals surface area contributed by atoms with Crippen LogP contribution in [-0.2, 0) is 15.5 Å². The highest BCUT2D eigenvalue weighted by Crippen LogP contribution is 2.43. The van der Waals surface area contributed by atoms with Crippen LogP contribution in [0.25, 0.3) is 0 Å². The van der Waals surface area contributed by atoms with Gasteiger partial charge in [0.25, 0.3) is 0 Å². The van der Waals surface area contributed by atoms with E-state index in [2.05, 4.69) is 15.9 Å². The molecule has 0 radical (unpaired) electrons. The number of nitrogens with two attached hydrogens (primary N) is 1. The van der Waals surface area contributed by atoms with Crippen LogP contribution in [-0.4, -0.2) is 21.7 Å². The average Bonchev–Trinajstić information content (AvgIpc) is 3.00. The Morgan fingerprint density at radius 3 is 2.80 bits per heavy atom. The fourth-order valence-corrected chi connectivity index (χ4v) is 5.06. The molecule has 110 valence electrons. The van der Waals surface area contributed by atoms with Crippen molar-refractivity contribution in [3.63, 3.8) is 0 Å². The van der Waals surface area contributed by atoms with Gasteiger partial charge in [0.1, 0.15) is 0 Å². The standard InChI is InChI=1S/C15H20BrNO2S/c16-11-3-4-14(13(17)9-11)20(18)10-12-5-8-15(19-12)6-1-2-7-15/h3-4,9,12H,1-2,5-8,10,17H2. The van der Waals surface area contributed by atoms with Crippen molar-refractivity contribution in [2.24, 2.45) is 0 Å². The summed E-state index contributed by atoms with van der Waals surface area (Å²) in [6.07, 6.45) is 7.18. The third-order valence-electron chi connectivity index (χ3n) is 4.41. The van der Waals surface area contributed by atoms with Crippen molar-refractivity contribution in [2.45, 2.75) is 55.1 Å². The Labute approximate surface area is 130 Å². The van der Waals surface area contributed by atoms with Crippen LogP contribution >= 0.6 is 15.9 Å². The molecule has 2 N–H and O–H groups in total. The molecular weight excluding hydrogens is 338 g/mol. The summed E-state index contributed by atoms with van der Waals surface area (Å²) in [5.41, 5.74) is 6.65. The third-order valence-corrected chi connectivity index (χ3v) is 6.44. The smallest absolute Gasteiger partial charge is 0.0702 e. The minimum absolute atomic E-state index is 0.111. The molecular formula is C15H20BrNO2S. The number of halogens is 1. The van der Waals surface area contributed by atoms with Crippen LogP contribution in [0.4, 0.5) is 5.69 Å². The van der Waals surface area contributed by atoms with E-state index in [0.29, 0.717) is 11.4 Å². The highest BCUT2D eigenvalue weighted by atomic mass is 79.9. The van der Waals surface area contributed by atoms with Gasteiger partial charge in [0.05, 0.1) is 33.2 Å². The molecule has 1 aliphatic heterocycles. The van der Waals surface area contributed by atoms with E-state index in [9.17, 15) is 4.21 Å². The minimum Gasteiger partial charge on any atom is -0.398 e. The molecule has 1 spiro atoms. The van der Waals surface area contributed by atoms with Crippen LogP contribution < -0.4 is 5.73 Å². The number of hydrogen-bond donors (Lipinski definition) is 1. The second kappa shape index (κ2) is 5.78. The van der Waals surface area contributed by atoms with Crippen molar-refractivity contribution in [1.29, 1.82) is 0 Å². The van der Waals surface area contributed by atoms with Gasteiger partial charge < -0.3 is 10.5 Å². The molecule has 1 saturated carbocycles. The number of nitrogen functional groups attached to an aromatic ring is 1. The maximum absolute atomic E-state index is 12.5. The molecule has 1 aliphatic carbocycles. The monoisotopic (exact) mass is 357 g/mol. The molecule has 1 heterocycles. The summed E-state index contributed by atoms with van der Waals surface area (Å²) in [6, 6.07) is 5.54. The van der Waals surface area contributed by atoms with E-state index in [0.717, 1.165) is 22.2 Å². The normalized spacial score (nSPS) is 26.1. The van der Waals surface area contributed by atoms with Gasteiger partial charge in [-0.3, -0.25) is 4.21 Å². The van der Waals surface area contributed by atoms with E-state index in [-0.39, 0.29) is 11.7 Å². The van der Waals surface area contributed by atoms with Crippen molar-refractivity contribution in [1.82, 2.24) is 0 Å². The molecule has 0 aromatic heterocycles. The van der Waals surface area contributed by atoms with Crippen molar-refractivity contribution < 1.29 is 8.95 Å². The van der Waals surface area contributed by atoms with Gasteiger partial charge in [-0.1, -0.05) is 28.8 Å². The Morgan fingerprint density at radius 1 is 1.35 bits per heavy atom. The molecule has 5 heteroatoms. The topological polar surface area (TPSA) is 52.3 Å². The molecule has 2 aliphatic rings. The van der Waals surface area contributed by atoms with Gasteiger partial charge in [-0.05, 0) is 43.9 Å². The lowest BCUT2D eigenvalue weighted by molar-refractivity contribution is -0.0270. The molecule has 1 aromatic carbocycles. The van der Waals surface area contributed by atoms with Crippen LogP contribution in [0.3, 0.4) is 0 Å². The number of rotatable bonds is 3. The Kier molecular flexibility index (Phi) is 4.20. The Bertz CT molecular complexity index is 529. The molecule has 2 unspecified atom stereocenters. The zero-order valence-electron chi connectivity index (χ0n) is 11.4. The predicted molar refractivity (Wildman–Crippen MR) is 85.1 cm³/mol. The van der Waals surface area contributed by atoms with Crippen LogP contribution in [0.2, 0.25) is 0 Å². The van der Waals surface area contributed by atoms with Crippen molar-refractivity contribution >= 4 is 32.4 Å². The average molecular weight is 358 g/mol. The maximum atomic E-state index is 12.5. The largest absolute Gasteiger partial charge is 0.398 e. The number of benzene rings is 1. The van der Waals surface area contributed by atoms with Crippen LogP contribution in [0, 0.1) is 0 Å². The molecule has 0 amide bonds. The first-order valence-electron chi connectivity index (χ1n) is 7.19. The zero-order chi connectivity index (χ0) is 14.2. The summed E-state index contributed by atoms with van der Waals surface area (Å²) >= 11 is 3.37. The van der Waals surface area contributed by atoms with Gasteiger partial charge in [0, 0.05) is 10.2 Å². The Hall–Kier alpha value is -0.390. The van der Waals surface area contributed by atoms with Crippen molar-refractivity contribution in [3.05, 3.63) is 22.7 Å². The van der Waals surface area contributed by atoms with E-state index in [1.165, 1.54) is 25.7 Å². The predicted octanol–water partition coefficient (Wildman–Crippen LogP) is 3.63. The SMILES string of the molecule is Nc1cc(Br)ccc1S(=O)CC1CCC2(CCCC2)O1. The van der Waals surface area contributed by atoms with E-state index in [4.69, 9.17) is 10.5 Å². The van der Waals surface area contributed by atoms with Gasteiger partial charge in [-0.15, -0.1) is 0 Å². The lowest BCUT2D eigenvalue weighted by atomic mass is 9.98. The molecule has 1 saturated heterocycles. The molecule has 1 aromatic rings. The van der Waals surface area contributed by atoms with Crippen LogP contribution in [0.5, 0.6) is 0 Å². The first-order chi connectivity index (χ1) is 9.58. The van der Waals surface area contributed by atoms with E-state index in [1.54, 1.807) is 6.07 Å². The number of anilines is 1. The van der Waals surface area contributed by atoms with E-state index in [1.807, 2.05) is 12.1 Å². The summed E-state index contributed by atoms with van der Waals surface area (Å²) in [7, 11) is -1.08. The molecule has 20 heavy (non-hydrogen) atoms. The molecule has 2 fully saturated rings. The van der Waals surface area contributed by atoms with Gasteiger partial charge >= 0.3 is 0 Å². The fourth-order valence-electron chi connectivity index (χ4n) is 3.39. The Balaban J connectivity index is 1.65. The highest BCUT2D eigenvalue weighted by Gasteiger charge is 2.42. The maximum Gasteiger partial charge on any atom is 0.0702 e. The van der Waals surface area contributed by atoms with Crippen molar-refractivity contribution in [3.8, 4) is 0 Å². The molecule has 3 rings (SSSR count). The second-order valence-corrected chi connectivity index (χ2v) is 8.24. The first kappa shape index (κ1) is 14.5. The number of hydrogen-bond acceptors (Lipinski definition) is 3. The fraction of sp³-hybridized carbons (Fsp3) is 0.600. The summed E-state index contributed by atoms with van der Waals surface area (Å²) in [6.45, 7) is 0. The highest BCUT2D eigenvalue weighted by molar-refractivity contribution is 9.10. The van der Waals surface area contributed by atoms with E-state index < -0.39 is 10.8 Å². The van der Waals surface area contributed by atoms with E-state index >= 15 is 0 Å². The second-order valence-electron chi connectivity index (χ2n) is 5.86. The summed E-state index contributed by atoms with van der Waals surface area (Å²) in [5, 5.41) is 0. The lowest BCUT2D eigenvalue weighted by Gasteiger charge is -2.23. The summed E-state index contributed by atoms with van der Waals surface area (Å²) in [5.74, 6) is 0.563. The van der Waals surface area contributed by atoms with Gasteiger partial charge in [-0.25, -0.2) is 0 Å². The summed E-state index contributed by atoms with van der Waals surface area (Å²) in [4.78, 5) is 0.726. The zero-order valence-corrected chi connectivity index (χ0v) is 13.8. The quantitative estimate of drug-likeness (QED) is 0.840. The Morgan fingerprint density at radius 2 is 2.10 bits per heavy atom. The van der Waals surface area contributed by atoms with Crippen molar-refractivity contribution in [2.75, 3.05) is 11.5 Å². The third kappa shape index (κ3) is 2.95.